The van der Waals surface area contributed by atoms with E-state index in [2.05, 4.69) is 52.0 Å². The summed E-state index contributed by atoms with van der Waals surface area (Å²) in [6.45, 7) is 8.72. The molecule has 0 heterocycles. The van der Waals surface area contributed by atoms with Crippen LogP contribution in [0.3, 0.4) is 0 Å². The maximum atomic E-state index is 11.7. The van der Waals surface area contributed by atoms with Crippen LogP contribution in [0.25, 0.3) is 0 Å². The van der Waals surface area contributed by atoms with E-state index in [0.29, 0.717) is 12.2 Å². The average Bonchev–Trinajstić information content (AvgIpc) is 2.26. The summed E-state index contributed by atoms with van der Waals surface area (Å²) in [4.78, 5) is 11.7. The van der Waals surface area contributed by atoms with Gasteiger partial charge in [0.05, 0.1) is 0 Å². The Morgan fingerprint density at radius 2 is 1.71 bits per heavy atom. The van der Waals surface area contributed by atoms with Gasteiger partial charge in [0.25, 0.3) is 0 Å². The van der Waals surface area contributed by atoms with Crippen LogP contribution in [-0.4, -0.2) is 5.78 Å². The molecule has 0 bridgehead atoms. The molecule has 1 aromatic carbocycles. The van der Waals surface area contributed by atoms with Crippen LogP contribution < -0.4 is 0 Å². The van der Waals surface area contributed by atoms with Crippen molar-refractivity contribution in [1.29, 1.82) is 0 Å². The minimum atomic E-state index is 0.185. The molecule has 0 spiro atoms. The van der Waals surface area contributed by atoms with Crippen molar-refractivity contribution in [2.75, 3.05) is 0 Å². The molecule has 0 atom stereocenters. The molecule has 0 N–H and O–H groups in total. The van der Waals surface area contributed by atoms with Crippen LogP contribution in [0.1, 0.15) is 58.1 Å². The lowest BCUT2D eigenvalue weighted by atomic mass is 9.86. The monoisotopic (exact) mass is 232 g/mol. The van der Waals surface area contributed by atoms with E-state index in [0.717, 1.165) is 24.8 Å². The zero-order chi connectivity index (χ0) is 12.9. The number of unbranched alkanes of at least 4 members (excludes halogenated alkanes) is 1. The number of carbonyl (C=O) groups is 1. The summed E-state index contributed by atoms with van der Waals surface area (Å²) < 4.78 is 0. The molecule has 0 aliphatic carbocycles. The molecule has 1 nitrogen and oxygen atoms in total. The third kappa shape index (κ3) is 4.72. The van der Waals surface area contributed by atoms with Crippen LogP contribution >= 0.6 is 0 Å². The lowest BCUT2D eigenvalue weighted by molar-refractivity contribution is -0.118. The Balaban J connectivity index is 2.60. The first kappa shape index (κ1) is 14.0. The molecule has 0 fully saturated rings. The van der Waals surface area contributed by atoms with Crippen molar-refractivity contribution < 1.29 is 4.79 Å². The third-order valence-corrected chi connectivity index (χ3v) is 3.03. The van der Waals surface area contributed by atoms with Gasteiger partial charge in [-0.2, -0.15) is 0 Å². The molecule has 0 radical (unpaired) electrons. The Morgan fingerprint density at radius 3 is 2.18 bits per heavy atom. The number of Topliss-reactive ketones (excluding diaryl/α,β-unsaturated/α-hetero) is 1. The van der Waals surface area contributed by atoms with Gasteiger partial charge in [0.2, 0.25) is 0 Å². The van der Waals surface area contributed by atoms with E-state index in [1.54, 1.807) is 0 Å². The molecule has 0 aliphatic rings. The highest BCUT2D eigenvalue weighted by atomic mass is 16.1. The van der Waals surface area contributed by atoms with E-state index in [9.17, 15) is 4.79 Å². The topological polar surface area (TPSA) is 17.1 Å². The summed E-state index contributed by atoms with van der Waals surface area (Å²) in [6.07, 6.45) is 3.41. The average molecular weight is 232 g/mol. The molecule has 0 saturated carbocycles. The van der Waals surface area contributed by atoms with Gasteiger partial charge >= 0.3 is 0 Å². The number of hydrogen-bond donors (Lipinski definition) is 0. The summed E-state index contributed by atoms with van der Waals surface area (Å²) in [7, 11) is 0. The van der Waals surface area contributed by atoms with Gasteiger partial charge in [-0.3, -0.25) is 4.79 Å². The molecule has 94 valence electrons. The van der Waals surface area contributed by atoms with Gasteiger partial charge in [0.15, 0.2) is 0 Å². The molecule has 1 aromatic rings. The normalized spacial score (nSPS) is 11.5. The number of rotatable bonds is 5. The highest BCUT2D eigenvalue weighted by Gasteiger charge is 2.13. The van der Waals surface area contributed by atoms with Gasteiger partial charge in [-0.05, 0) is 23.0 Å². The number of benzene rings is 1. The van der Waals surface area contributed by atoms with E-state index in [4.69, 9.17) is 0 Å². The van der Waals surface area contributed by atoms with Gasteiger partial charge in [-0.15, -0.1) is 0 Å². The largest absolute Gasteiger partial charge is 0.299 e. The molecule has 1 heteroatoms. The fraction of sp³-hybridized carbons (Fsp3) is 0.562. The van der Waals surface area contributed by atoms with Crippen LogP contribution in [0.2, 0.25) is 0 Å². The molecular weight excluding hydrogens is 208 g/mol. The van der Waals surface area contributed by atoms with Crippen molar-refractivity contribution in [3.8, 4) is 0 Å². The molecule has 1 rings (SSSR count). The van der Waals surface area contributed by atoms with Gasteiger partial charge in [-0.1, -0.05) is 58.4 Å². The van der Waals surface area contributed by atoms with Crippen molar-refractivity contribution in [2.45, 2.75) is 58.8 Å². The standard InChI is InChI=1S/C16H24O/c1-5-6-7-15(17)12-13-8-10-14(11-9-13)16(2,3)4/h8-11H,5-7,12H2,1-4H3. The summed E-state index contributed by atoms with van der Waals surface area (Å²) in [6, 6.07) is 8.46. The van der Waals surface area contributed by atoms with Gasteiger partial charge in [-0.25, -0.2) is 0 Å². The lowest BCUT2D eigenvalue weighted by Crippen LogP contribution is -2.11. The number of ketones is 1. The first-order chi connectivity index (χ1) is 7.93. The van der Waals surface area contributed by atoms with E-state index >= 15 is 0 Å². The molecule has 17 heavy (non-hydrogen) atoms. The van der Waals surface area contributed by atoms with Gasteiger partial charge < -0.3 is 0 Å². The Hall–Kier alpha value is -1.11. The van der Waals surface area contributed by atoms with Crippen LogP contribution in [0.5, 0.6) is 0 Å². The Morgan fingerprint density at radius 1 is 1.12 bits per heavy atom. The molecule has 0 unspecified atom stereocenters. The van der Waals surface area contributed by atoms with E-state index < -0.39 is 0 Å². The summed E-state index contributed by atoms with van der Waals surface area (Å²) in [5.41, 5.74) is 2.64. The fourth-order valence-electron chi connectivity index (χ4n) is 1.81. The van der Waals surface area contributed by atoms with Crippen molar-refractivity contribution in [3.63, 3.8) is 0 Å². The quantitative estimate of drug-likeness (QED) is 0.740. The summed E-state index contributed by atoms with van der Waals surface area (Å²) in [5, 5.41) is 0. The predicted molar refractivity (Wildman–Crippen MR) is 73.4 cm³/mol. The smallest absolute Gasteiger partial charge is 0.137 e. The highest BCUT2D eigenvalue weighted by Crippen LogP contribution is 2.22. The molecule has 0 saturated heterocycles. The van der Waals surface area contributed by atoms with Crippen LogP contribution in [0.15, 0.2) is 24.3 Å². The van der Waals surface area contributed by atoms with Gasteiger partial charge in [0, 0.05) is 12.8 Å². The van der Waals surface area contributed by atoms with Crippen LogP contribution in [0, 0.1) is 0 Å². The van der Waals surface area contributed by atoms with Gasteiger partial charge in [0.1, 0.15) is 5.78 Å². The Kier molecular flexibility index (Phi) is 4.92. The fourth-order valence-corrected chi connectivity index (χ4v) is 1.81. The van der Waals surface area contributed by atoms with E-state index in [1.165, 1.54) is 5.56 Å². The first-order valence-electron chi connectivity index (χ1n) is 6.54. The Bertz CT molecular complexity index is 354. The molecular formula is C16H24O. The second kappa shape index (κ2) is 6.00. The lowest BCUT2D eigenvalue weighted by Gasteiger charge is -2.19. The van der Waals surface area contributed by atoms with Crippen molar-refractivity contribution in [2.24, 2.45) is 0 Å². The zero-order valence-corrected chi connectivity index (χ0v) is 11.5. The maximum Gasteiger partial charge on any atom is 0.137 e. The molecule has 0 aromatic heterocycles. The van der Waals surface area contributed by atoms with Crippen molar-refractivity contribution >= 4 is 5.78 Å². The summed E-state index contributed by atoms with van der Waals surface area (Å²) >= 11 is 0. The van der Waals surface area contributed by atoms with E-state index in [1.807, 2.05) is 0 Å². The number of hydrogen-bond acceptors (Lipinski definition) is 1. The molecule has 0 aliphatic heterocycles. The highest BCUT2D eigenvalue weighted by molar-refractivity contribution is 5.80. The second-order valence-corrected chi connectivity index (χ2v) is 5.77. The van der Waals surface area contributed by atoms with Crippen LogP contribution in [0.4, 0.5) is 0 Å². The third-order valence-electron chi connectivity index (χ3n) is 3.03. The summed E-state index contributed by atoms with van der Waals surface area (Å²) in [5.74, 6) is 0.357. The first-order valence-corrected chi connectivity index (χ1v) is 6.54. The molecule has 0 amide bonds. The van der Waals surface area contributed by atoms with Crippen LogP contribution in [-0.2, 0) is 16.6 Å². The maximum absolute atomic E-state index is 11.7. The number of carbonyl (C=O) groups excluding carboxylic acids is 1. The predicted octanol–water partition coefficient (Wildman–Crippen LogP) is 4.29. The second-order valence-electron chi connectivity index (χ2n) is 5.77. The Labute approximate surface area is 105 Å². The minimum absolute atomic E-state index is 0.185. The zero-order valence-electron chi connectivity index (χ0n) is 11.5. The van der Waals surface area contributed by atoms with Crippen molar-refractivity contribution in [3.05, 3.63) is 35.4 Å². The SMILES string of the molecule is CCCCC(=O)Cc1ccc(C(C)(C)C)cc1. The van der Waals surface area contributed by atoms with E-state index in [-0.39, 0.29) is 5.41 Å². The van der Waals surface area contributed by atoms with Crippen molar-refractivity contribution in [1.82, 2.24) is 0 Å². The minimum Gasteiger partial charge on any atom is -0.299 e.